The number of hydrogen-bond acceptors (Lipinski definition) is 4. The highest BCUT2D eigenvalue weighted by Crippen LogP contribution is 2.27. The monoisotopic (exact) mass is 615 g/mol. The van der Waals surface area contributed by atoms with Gasteiger partial charge in [0.15, 0.2) is 0 Å². The van der Waals surface area contributed by atoms with Gasteiger partial charge >= 0.3 is 0 Å². The molecule has 0 saturated carbocycles. The van der Waals surface area contributed by atoms with Gasteiger partial charge in [0.25, 0.3) is 10.0 Å². The third-order valence-corrected chi connectivity index (χ3v) is 9.21. The molecule has 7 nitrogen and oxygen atoms in total. The summed E-state index contributed by atoms with van der Waals surface area (Å²) in [6.45, 7) is 5.43. The molecule has 0 aliphatic heterocycles. The lowest BCUT2D eigenvalue weighted by molar-refractivity contribution is -0.140. The molecule has 0 aromatic heterocycles. The van der Waals surface area contributed by atoms with Gasteiger partial charge in [-0.2, -0.15) is 0 Å². The Morgan fingerprint density at radius 3 is 2.14 bits per heavy atom. The molecule has 0 aliphatic carbocycles. The van der Waals surface area contributed by atoms with Crippen molar-refractivity contribution in [3.8, 4) is 0 Å². The lowest BCUT2D eigenvalue weighted by Gasteiger charge is -2.34. The summed E-state index contributed by atoms with van der Waals surface area (Å²) in [6.07, 6.45) is 0.907. The van der Waals surface area contributed by atoms with E-state index >= 15 is 4.39 Å². The highest BCUT2D eigenvalue weighted by atomic mass is 32.2. The highest BCUT2D eigenvalue weighted by Gasteiger charge is 2.35. The number of carbonyl (C=O) groups is 2. The Morgan fingerprint density at radius 2 is 1.48 bits per heavy atom. The van der Waals surface area contributed by atoms with E-state index in [9.17, 15) is 18.0 Å². The Kier molecular flexibility index (Phi) is 10.9. The molecular weight excluding hydrogens is 577 g/mol. The van der Waals surface area contributed by atoms with Crippen LogP contribution in [-0.2, 0) is 32.6 Å². The first kappa shape index (κ1) is 32.4. The van der Waals surface area contributed by atoms with E-state index in [0.29, 0.717) is 13.0 Å². The second-order valence-corrected chi connectivity index (χ2v) is 12.6. The van der Waals surface area contributed by atoms with Crippen molar-refractivity contribution in [1.29, 1.82) is 0 Å². The van der Waals surface area contributed by atoms with E-state index in [1.807, 2.05) is 75.4 Å². The number of aryl methyl sites for hydroxylation is 2. The van der Waals surface area contributed by atoms with Gasteiger partial charge in [-0.15, -0.1) is 0 Å². The Bertz CT molecular complexity index is 1680. The average molecular weight is 616 g/mol. The Labute approximate surface area is 259 Å². The summed E-state index contributed by atoms with van der Waals surface area (Å²) in [6, 6.07) is 27.5. The Balaban J connectivity index is 1.81. The van der Waals surface area contributed by atoms with Crippen LogP contribution in [-0.4, -0.2) is 44.3 Å². The van der Waals surface area contributed by atoms with E-state index in [1.165, 1.54) is 35.2 Å². The Hall–Kier alpha value is -4.50. The largest absolute Gasteiger partial charge is 0.354 e. The molecule has 9 heteroatoms. The van der Waals surface area contributed by atoms with Crippen LogP contribution in [0.2, 0.25) is 0 Å². The topological polar surface area (TPSA) is 86.8 Å². The number of anilines is 1. The van der Waals surface area contributed by atoms with Crippen molar-refractivity contribution < 1.29 is 22.4 Å². The van der Waals surface area contributed by atoms with Crippen LogP contribution < -0.4 is 9.62 Å². The molecule has 2 amide bonds. The van der Waals surface area contributed by atoms with Crippen LogP contribution in [0.3, 0.4) is 0 Å². The summed E-state index contributed by atoms with van der Waals surface area (Å²) in [5.74, 6) is -1.78. The van der Waals surface area contributed by atoms with Gasteiger partial charge in [0.2, 0.25) is 11.8 Å². The third-order valence-electron chi connectivity index (χ3n) is 7.43. The van der Waals surface area contributed by atoms with Crippen molar-refractivity contribution in [3.63, 3.8) is 0 Å². The van der Waals surface area contributed by atoms with Crippen molar-refractivity contribution in [3.05, 3.63) is 131 Å². The Morgan fingerprint density at radius 1 is 0.841 bits per heavy atom. The standard InChI is InChI=1S/C35H38FN3O4S/c1-4-22-37-35(41)33(23-28-13-6-5-7-14-28)38(24-29-15-9-8-12-27(29)3)34(40)25-39(32-17-11-10-16-31(32)36)44(42,43)30-20-18-26(2)19-21-30/h5-21,33H,4,22-25H2,1-3H3,(H,37,41)/t33-/m1/s1. The van der Waals surface area contributed by atoms with Gasteiger partial charge in [-0.05, 0) is 61.2 Å². The van der Waals surface area contributed by atoms with Crippen molar-refractivity contribution >= 4 is 27.5 Å². The predicted octanol–water partition coefficient (Wildman–Crippen LogP) is 5.80. The van der Waals surface area contributed by atoms with Crippen molar-refractivity contribution in [1.82, 2.24) is 10.2 Å². The lowest BCUT2D eigenvalue weighted by Crippen LogP contribution is -2.53. The minimum Gasteiger partial charge on any atom is -0.354 e. The molecule has 0 fully saturated rings. The maximum Gasteiger partial charge on any atom is 0.264 e. The van der Waals surface area contributed by atoms with Gasteiger partial charge in [0.1, 0.15) is 18.4 Å². The summed E-state index contributed by atoms with van der Waals surface area (Å²) in [7, 11) is -4.38. The fourth-order valence-corrected chi connectivity index (χ4v) is 6.32. The van der Waals surface area contributed by atoms with Gasteiger partial charge < -0.3 is 10.2 Å². The molecule has 0 saturated heterocycles. The fraction of sp³-hybridized carbons (Fsp3) is 0.257. The van der Waals surface area contributed by atoms with Crippen LogP contribution in [0, 0.1) is 19.7 Å². The zero-order valence-corrected chi connectivity index (χ0v) is 26.1. The zero-order valence-electron chi connectivity index (χ0n) is 25.2. The van der Waals surface area contributed by atoms with Crippen LogP contribution in [0.15, 0.2) is 108 Å². The first-order valence-corrected chi connectivity index (χ1v) is 16.1. The minimum atomic E-state index is -4.38. The molecule has 1 atom stereocenters. The normalized spacial score (nSPS) is 11.9. The first-order chi connectivity index (χ1) is 21.1. The summed E-state index contributed by atoms with van der Waals surface area (Å²) >= 11 is 0. The molecule has 4 aromatic rings. The molecule has 0 aliphatic rings. The van der Waals surface area contributed by atoms with Crippen LogP contribution >= 0.6 is 0 Å². The number of para-hydroxylation sites is 1. The number of nitrogens with one attached hydrogen (secondary N) is 1. The number of carbonyl (C=O) groups excluding carboxylic acids is 2. The molecule has 0 spiro atoms. The number of sulfonamides is 1. The number of benzene rings is 4. The summed E-state index contributed by atoms with van der Waals surface area (Å²) in [4.78, 5) is 29.4. The third kappa shape index (κ3) is 7.90. The van der Waals surface area contributed by atoms with E-state index in [-0.39, 0.29) is 29.5 Å². The van der Waals surface area contributed by atoms with Crippen LogP contribution in [0.4, 0.5) is 10.1 Å². The van der Waals surface area contributed by atoms with E-state index in [4.69, 9.17) is 0 Å². The predicted molar refractivity (Wildman–Crippen MR) is 171 cm³/mol. The van der Waals surface area contributed by atoms with E-state index in [0.717, 1.165) is 32.6 Å². The second-order valence-electron chi connectivity index (χ2n) is 10.7. The average Bonchev–Trinajstić information content (AvgIpc) is 3.02. The number of nitrogens with zero attached hydrogens (tertiary/aromatic N) is 2. The molecule has 0 unspecified atom stereocenters. The summed E-state index contributed by atoms with van der Waals surface area (Å²) < 4.78 is 44.0. The van der Waals surface area contributed by atoms with Gasteiger partial charge in [-0.1, -0.05) is 91.3 Å². The smallest absolute Gasteiger partial charge is 0.264 e. The molecule has 4 aromatic carbocycles. The van der Waals surface area contributed by atoms with E-state index in [1.54, 1.807) is 12.1 Å². The van der Waals surface area contributed by atoms with Crippen LogP contribution in [0.1, 0.15) is 35.6 Å². The molecule has 0 bridgehead atoms. The van der Waals surface area contributed by atoms with Crippen molar-refractivity contribution in [2.75, 3.05) is 17.4 Å². The number of halogens is 1. The quantitative estimate of drug-likeness (QED) is 0.206. The molecule has 230 valence electrons. The SMILES string of the molecule is CCCNC(=O)[C@@H](Cc1ccccc1)N(Cc1ccccc1C)C(=O)CN(c1ccccc1F)S(=O)(=O)c1ccc(C)cc1. The molecule has 0 heterocycles. The number of hydrogen-bond donors (Lipinski definition) is 1. The van der Waals surface area contributed by atoms with Crippen LogP contribution in [0.25, 0.3) is 0 Å². The van der Waals surface area contributed by atoms with Crippen molar-refractivity contribution in [2.45, 2.75) is 51.1 Å². The van der Waals surface area contributed by atoms with Gasteiger partial charge in [-0.3, -0.25) is 13.9 Å². The van der Waals surface area contributed by atoms with Crippen molar-refractivity contribution in [2.24, 2.45) is 0 Å². The fourth-order valence-electron chi connectivity index (χ4n) is 4.90. The molecule has 1 N–H and O–H groups in total. The molecule has 0 radical (unpaired) electrons. The molecule has 44 heavy (non-hydrogen) atoms. The molecule has 4 rings (SSSR count). The summed E-state index contributed by atoms with van der Waals surface area (Å²) in [5, 5.41) is 2.92. The minimum absolute atomic E-state index is 0.0538. The van der Waals surface area contributed by atoms with E-state index in [2.05, 4.69) is 5.32 Å². The zero-order chi connectivity index (χ0) is 31.7. The van der Waals surface area contributed by atoms with Gasteiger partial charge in [0.05, 0.1) is 10.6 Å². The molecular formula is C35H38FN3O4S. The maximum atomic E-state index is 15.2. The van der Waals surface area contributed by atoms with Gasteiger partial charge in [0, 0.05) is 19.5 Å². The van der Waals surface area contributed by atoms with Gasteiger partial charge in [-0.25, -0.2) is 12.8 Å². The summed E-state index contributed by atoms with van der Waals surface area (Å²) in [5.41, 5.74) is 3.15. The van der Waals surface area contributed by atoms with Crippen LogP contribution in [0.5, 0.6) is 0 Å². The first-order valence-electron chi connectivity index (χ1n) is 14.6. The van der Waals surface area contributed by atoms with E-state index < -0.39 is 34.3 Å². The number of rotatable bonds is 13. The highest BCUT2D eigenvalue weighted by molar-refractivity contribution is 7.92. The maximum absolute atomic E-state index is 15.2. The lowest BCUT2D eigenvalue weighted by atomic mass is 10.0. The number of amides is 2. The second kappa shape index (κ2) is 14.8.